The lowest BCUT2D eigenvalue weighted by Gasteiger charge is -2.40. The fourth-order valence-electron chi connectivity index (χ4n) is 2.05. The van der Waals surface area contributed by atoms with E-state index in [-0.39, 0.29) is 17.9 Å². The zero-order valence-corrected chi connectivity index (χ0v) is 10.8. The second kappa shape index (κ2) is 5.37. The van der Waals surface area contributed by atoms with Crippen molar-refractivity contribution in [1.29, 1.82) is 0 Å². The molecule has 2 heterocycles. The molecule has 0 saturated carbocycles. The van der Waals surface area contributed by atoms with E-state index in [1.807, 2.05) is 13.8 Å². The van der Waals surface area contributed by atoms with E-state index in [2.05, 4.69) is 10.5 Å². The normalized spacial score (nSPS) is 23.1. The number of nitrogens with one attached hydrogen (secondary N) is 1. The Hall–Kier alpha value is -1.59. The smallest absolute Gasteiger partial charge is 0.267 e. The van der Waals surface area contributed by atoms with E-state index < -0.39 is 6.10 Å². The Morgan fingerprint density at radius 1 is 1.44 bits per heavy atom. The van der Waals surface area contributed by atoms with Crippen molar-refractivity contribution >= 4 is 17.5 Å². The van der Waals surface area contributed by atoms with E-state index in [4.69, 9.17) is 4.84 Å². The Morgan fingerprint density at radius 3 is 2.72 bits per heavy atom. The molecule has 0 bridgehead atoms. The Bertz CT molecular complexity index is 375. The number of nitrogens with zero attached hydrogens (tertiary/aromatic N) is 2. The average molecular weight is 253 g/mol. The van der Waals surface area contributed by atoms with Crippen molar-refractivity contribution in [2.24, 2.45) is 5.16 Å². The molecule has 0 aromatic heterocycles. The summed E-state index contributed by atoms with van der Waals surface area (Å²) in [6.45, 7) is 4.96. The molecular weight excluding hydrogens is 234 g/mol. The quantitative estimate of drug-likeness (QED) is 0.782. The van der Waals surface area contributed by atoms with Crippen molar-refractivity contribution in [1.82, 2.24) is 10.2 Å². The zero-order valence-electron chi connectivity index (χ0n) is 10.8. The number of rotatable bonds is 4. The fourth-order valence-corrected chi connectivity index (χ4v) is 2.05. The van der Waals surface area contributed by atoms with Crippen LogP contribution in [0.4, 0.5) is 0 Å². The molecule has 0 aliphatic carbocycles. The van der Waals surface area contributed by atoms with Crippen LogP contribution < -0.4 is 5.32 Å². The van der Waals surface area contributed by atoms with Gasteiger partial charge < -0.3 is 15.1 Å². The molecule has 0 aromatic carbocycles. The van der Waals surface area contributed by atoms with Gasteiger partial charge in [-0.05, 0) is 6.42 Å². The summed E-state index contributed by atoms with van der Waals surface area (Å²) < 4.78 is 0. The van der Waals surface area contributed by atoms with Crippen LogP contribution in [0.15, 0.2) is 5.16 Å². The van der Waals surface area contributed by atoms with Gasteiger partial charge in [-0.25, -0.2) is 0 Å². The summed E-state index contributed by atoms with van der Waals surface area (Å²) in [6, 6.07) is 0.0920. The molecule has 2 aliphatic rings. The first kappa shape index (κ1) is 12.9. The van der Waals surface area contributed by atoms with E-state index >= 15 is 0 Å². The van der Waals surface area contributed by atoms with E-state index in [1.54, 1.807) is 4.90 Å². The highest BCUT2D eigenvalue weighted by molar-refractivity contribution is 5.93. The third-order valence-corrected chi connectivity index (χ3v) is 3.29. The predicted molar refractivity (Wildman–Crippen MR) is 66.0 cm³/mol. The lowest BCUT2D eigenvalue weighted by atomic mass is 10.0. The van der Waals surface area contributed by atoms with Crippen LogP contribution in [0.25, 0.3) is 0 Å². The van der Waals surface area contributed by atoms with Crippen molar-refractivity contribution in [2.45, 2.75) is 45.3 Å². The second-order valence-corrected chi connectivity index (χ2v) is 4.67. The maximum atomic E-state index is 12.0. The van der Waals surface area contributed by atoms with E-state index in [0.29, 0.717) is 25.9 Å². The summed E-state index contributed by atoms with van der Waals surface area (Å²) in [5, 5.41) is 6.74. The predicted octanol–water partition coefficient (Wildman–Crippen LogP) is 0.278. The van der Waals surface area contributed by atoms with Crippen molar-refractivity contribution in [3.05, 3.63) is 0 Å². The van der Waals surface area contributed by atoms with Crippen LogP contribution in [0.5, 0.6) is 0 Å². The van der Waals surface area contributed by atoms with Gasteiger partial charge in [0.1, 0.15) is 0 Å². The number of carbonyl (C=O) groups is 2. The third-order valence-electron chi connectivity index (χ3n) is 3.29. The van der Waals surface area contributed by atoms with Crippen LogP contribution in [-0.4, -0.2) is 47.7 Å². The minimum absolute atomic E-state index is 0.0239. The monoisotopic (exact) mass is 253 g/mol. The number of oxime groups is 1. The molecule has 6 nitrogen and oxygen atoms in total. The Morgan fingerprint density at radius 2 is 2.17 bits per heavy atom. The molecule has 6 heteroatoms. The highest BCUT2D eigenvalue weighted by Crippen LogP contribution is 2.18. The molecule has 2 amide bonds. The standard InChI is InChI=1S/C12H19N3O3/c1-3-8-5-10(18-14-8)12(17)15-6-9(7-15)13-11(16)4-2/h9-10H,3-7H2,1-2H3,(H,13,16). The van der Waals surface area contributed by atoms with E-state index in [0.717, 1.165) is 12.1 Å². The topological polar surface area (TPSA) is 71.0 Å². The van der Waals surface area contributed by atoms with Crippen LogP contribution in [-0.2, 0) is 14.4 Å². The molecule has 0 spiro atoms. The molecule has 1 atom stereocenters. The number of carbonyl (C=O) groups excluding carboxylic acids is 2. The second-order valence-electron chi connectivity index (χ2n) is 4.67. The lowest BCUT2D eigenvalue weighted by Crippen LogP contribution is -2.62. The lowest BCUT2D eigenvalue weighted by molar-refractivity contribution is -0.148. The Kier molecular flexibility index (Phi) is 3.84. The van der Waals surface area contributed by atoms with Gasteiger partial charge in [-0.2, -0.15) is 0 Å². The van der Waals surface area contributed by atoms with Crippen molar-refractivity contribution in [3.8, 4) is 0 Å². The van der Waals surface area contributed by atoms with Crippen LogP contribution in [0.2, 0.25) is 0 Å². The first-order valence-electron chi connectivity index (χ1n) is 6.43. The number of amides is 2. The summed E-state index contributed by atoms with van der Waals surface area (Å²) in [5.41, 5.74) is 0.935. The fraction of sp³-hybridized carbons (Fsp3) is 0.750. The highest BCUT2D eigenvalue weighted by Gasteiger charge is 2.38. The van der Waals surface area contributed by atoms with Gasteiger partial charge in [0.05, 0.1) is 11.8 Å². The SMILES string of the molecule is CCC(=O)NC1CN(C(=O)C2CC(CC)=NO2)C1. The third kappa shape index (κ3) is 2.63. The van der Waals surface area contributed by atoms with Gasteiger partial charge >= 0.3 is 0 Å². The van der Waals surface area contributed by atoms with Gasteiger partial charge in [0.15, 0.2) is 0 Å². The highest BCUT2D eigenvalue weighted by atomic mass is 16.6. The average Bonchev–Trinajstić information content (AvgIpc) is 2.80. The number of hydrogen-bond acceptors (Lipinski definition) is 4. The number of likely N-dealkylation sites (tertiary alicyclic amines) is 1. The molecule has 1 unspecified atom stereocenters. The van der Waals surface area contributed by atoms with Crippen LogP contribution in [0, 0.1) is 0 Å². The van der Waals surface area contributed by atoms with Gasteiger partial charge in [0, 0.05) is 25.9 Å². The van der Waals surface area contributed by atoms with Crippen LogP contribution >= 0.6 is 0 Å². The summed E-state index contributed by atoms with van der Waals surface area (Å²) in [7, 11) is 0. The maximum absolute atomic E-state index is 12.0. The maximum Gasteiger partial charge on any atom is 0.267 e. The molecule has 0 radical (unpaired) electrons. The Balaban J connectivity index is 1.72. The molecule has 2 aliphatic heterocycles. The largest absolute Gasteiger partial charge is 0.382 e. The van der Waals surface area contributed by atoms with Crippen molar-refractivity contribution < 1.29 is 14.4 Å². The molecule has 1 saturated heterocycles. The van der Waals surface area contributed by atoms with Gasteiger partial charge in [-0.15, -0.1) is 0 Å². The summed E-state index contributed by atoms with van der Waals surface area (Å²) in [5.74, 6) is 0.00464. The first-order chi connectivity index (χ1) is 8.63. The summed E-state index contributed by atoms with van der Waals surface area (Å²) in [4.78, 5) is 30.0. The van der Waals surface area contributed by atoms with E-state index in [9.17, 15) is 9.59 Å². The van der Waals surface area contributed by atoms with Gasteiger partial charge in [0.2, 0.25) is 12.0 Å². The number of hydrogen-bond donors (Lipinski definition) is 1. The molecule has 18 heavy (non-hydrogen) atoms. The summed E-state index contributed by atoms with van der Waals surface area (Å²) in [6.07, 6.45) is 1.43. The van der Waals surface area contributed by atoms with Crippen LogP contribution in [0.3, 0.4) is 0 Å². The zero-order chi connectivity index (χ0) is 13.1. The van der Waals surface area contributed by atoms with Gasteiger partial charge in [-0.3, -0.25) is 9.59 Å². The van der Waals surface area contributed by atoms with E-state index in [1.165, 1.54) is 0 Å². The molecule has 100 valence electrons. The van der Waals surface area contributed by atoms with Crippen molar-refractivity contribution in [2.75, 3.05) is 13.1 Å². The summed E-state index contributed by atoms with van der Waals surface area (Å²) >= 11 is 0. The molecular formula is C12H19N3O3. The van der Waals surface area contributed by atoms with Gasteiger partial charge in [0.25, 0.3) is 5.91 Å². The molecule has 0 aromatic rings. The van der Waals surface area contributed by atoms with Crippen LogP contribution in [0.1, 0.15) is 33.1 Å². The Labute approximate surface area is 106 Å². The minimum atomic E-state index is -0.456. The van der Waals surface area contributed by atoms with Gasteiger partial charge in [-0.1, -0.05) is 19.0 Å². The molecule has 2 rings (SSSR count). The van der Waals surface area contributed by atoms with Crippen molar-refractivity contribution in [3.63, 3.8) is 0 Å². The molecule has 1 fully saturated rings. The minimum Gasteiger partial charge on any atom is -0.382 e. The first-order valence-corrected chi connectivity index (χ1v) is 6.43. The molecule has 1 N–H and O–H groups in total.